The molecule has 0 fully saturated rings. The summed E-state index contributed by atoms with van der Waals surface area (Å²) in [4.78, 5) is 4.49. The first-order valence-corrected chi connectivity index (χ1v) is 6.84. The van der Waals surface area contributed by atoms with Gasteiger partial charge in [-0.3, -0.25) is 4.57 Å². The molecule has 3 rings (SSSR count). The molecule has 1 aromatic carbocycles. The first-order chi connectivity index (χ1) is 8.77. The van der Waals surface area contributed by atoms with Gasteiger partial charge in [-0.2, -0.15) is 11.3 Å². The Hall–Kier alpha value is -1.87. The molecule has 3 heteroatoms. The third-order valence-electron chi connectivity index (χ3n) is 3.10. The second-order valence-corrected chi connectivity index (χ2v) is 5.15. The van der Waals surface area contributed by atoms with Crippen LogP contribution in [-0.4, -0.2) is 9.55 Å². The highest BCUT2D eigenvalue weighted by Crippen LogP contribution is 2.26. The number of imidazole rings is 1. The van der Waals surface area contributed by atoms with E-state index in [0.717, 1.165) is 5.82 Å². The highest BCUT2D eigenvalue weighted by atomic mass is 32.1. The molecule has 0 saturated carbocycles. The largest absolute Gasteiger partial charge is 0.299 e. The molecule has 0 aliphatic heterocycles. The Morgan fingerprint density at radius 1 is 1.11 bits per heavy atom. The fourth-order valence-corrected chi connectivity index (χ4v) is 2.91. The summed E-state index contributed by atoms with van der Waals surface area (Å²) in [5, 5.41) is 4.21. The van der Waals surface area contributed by atoms with E-state index in [0.29, 0.717) is 0 Å². The summed E-state index contributed by atoms with van der Waals surface area (Å²) in [5.41, 5.74) is 4.94. The van der Waals surface area contributed by atoms with Gasteiger partial charge in [-0.15, -0.1) is 0 Å². The Bertz CT molecular complexity index is 645. The quantitative estimate of drug-likeness (QED) is 0.669. The SMILES string of the molecule is Cc1cccc(C)c1-n1ccnc1-c1ccsc1. The van der Waals surface area contributed by atoms with E-state index in [-0.39, 0.29) is 0 Å². The fourth-order valence-electron chi connectivity index (χ4n) is 2.27. The Morgan fingerprint density at radius 2 is 1.89 bits per heavy atom. The maximum Gasteiger partial charge on any atom is 0.145 e. The Balaban J connectivity index is 2.22. The van der Waals surface area contributed by atoms with E-state index in [9.17, 15) is 0 Å². The maximum absolute atomic E-state index is 4.49. The van der Waals surface area contributed by atoms with Gasteiger partial charge in [-0.05, 0) is 36.4 Å². The summed E-state index contributed by atoms with van der Waals surface area (Å²) < 4.78 is 2.17. The molecule has 0 bridgehead atoms. The highest BCUT2D eigenvalue weighted by Gasteiger charge is 2.11. The molecule has 3 aromatic rings. The van der Waals surface area contributed by atoms with Crippen LogP contribution in [0, 0.1) is 13.8 Å². The van der Waals surface area contributed by atoms with Gasteiger partial charge in [-0.1, -0.05) is 18.2 Å². The highest BCUT2D eigenvalue weighted by molar-refractivity contribution is 7.08. The second kappa shape index (κ2) is 4.42. The van der Waals surface area contributed by atoms with Crippen molar-refractivity contribution in [1.82, 2.24) is 9.55 Å². The van der Waals surface area contributed by atoms with Crippen LogP contribution in [0.2, 0.25) is 0 Å². The number of aryl methyl sites for hydroxylation is 2. The number of thiophene rings is 1. The Morgan fingerprint density at radius 3 is 2.56 bits per heavy atom. The molecule has 0 amide bonds. The average molecular weight is 254 g/mol. The summed E-state index contributed by atoms with van der Waals surface area (Å²) in [6.07, 6.45) is 3.89. The molecular weight excluding hydrogens is 240 g/mol. The number of hydrogen-bond donors (Lipinski definition) is 0. The van der Waals surface area contributed by atoms with Crippen molar-refractivity contribution in [2.24, 2.45) is 0 Å². The van der Waals surface area contributed by atoms with Crippen molar-refractivity contribution >= 4 is 11.3 Å². The van der Waals surface area contributed by atoms with Crippen LogP contribution in [0.15, 0.2) is 47.4 Å². The van der Waals surface area contributed by atoms with Gasteiger partial charge in [0.05, 0.1) is 5.69 Å². The molecule has 90 valence electrons. The predicted molar refractivity (Wildman–Crippen MR) is 76.4 cm³/mol. The topological polar surface area (TPSA) is 17.8 Å². The van der Waals surface area contributed by atoms with Gasteiger partial charge in [0.15, 0.2) is 0 Å². The zero-order chi connectivity index (χ0) is 12.5. The van der Waals surface area contributed by atoms with Gasteiger partial charge < -0.3 is 0 Å². The lowest BCUT2D eigenvalue weighted by atomic mass is 10.1. The number of nitrogens with zero attached hydrogens (tertiary/aromatic N) is 2. The van der Waals surface area contributed by atoms with E-state index < -0.39 is 0 Å². The molecule has 0 atom stereocenters. The zero-order valence-electron chi connectivity index (χ0n) is 10.4. The zero-order valence-corrected chi connectivity index (χ0v) is 11.2. The Labute approximate surface area is 111 Å². The molecule has 2 heterocycles. The van der Waals surface area contributed by atoms with E-state index in [2.05, 4.69) is 58.4 Å². The smallest absolute Gasteiger partial charge is 0.145 e. The number of aromatic nitrogens is 2. The molecule has 0 N–H and O–H groups in total. The van der Waals surface area contributed by atoms with E-state index in [1.54, 1.807) is 11.3 Å². The summed E-state index contributed by atoms with van der Waals surface area (Å²) in [6.45, 7) is 4.28. The lowest BCUT2D eigenvalue weighted by Gasteiger charge is -2.13. The van der Waals surface area contributed by atoms with Crippen molar-refractivity contribution in [2.45, 2.75) is 13.8 Å². The van der Waals surface area contributed by atoms with Gasteiger partial charge in [0, 0.05) is 23.3 Å². The summed E-state index contributed by atoms with van der Waals surface area (Å²) in [6, 6.07) is 8.48. The van der Waals surface area contributed by atoms with Crippen molar-refractivity contribution in [2.75, 3.05) is 0 Å². The van der Waals surface area contributed by atoms with Gasteiger partial charge in [0.1, 0.15) is 5.82 Å². The molecule has 2 aromatic heterocycles. The molecule has 0 aliphatic carbocycles. The third kappa shape index (κ3) is 1.77. The van der Waals surface area contributed by atoms with Gasteiger partial charge >= 0.3 is 0 Å². The first-order valence-electron chi connectivity index (χ1n) is 5.90. The minimum atomic E-state index is 1.01. The van der Waals surface area contributed by atoms with Crippen molar-refractivity contribution in [3.05, 3.63) is 58.5 Å². The van der Waals surface area contributed by atoms with Crippen molar-refractivity contribution in [1.29, 1.82) is 0 Å². The van der Waals surface area contributed by atoms with E-state index >= 15 is 0 Å². The van der Waals surface area contributed by atoms with Crippen LogP contribution in [0.25, 0.3) is 17.1 Å². The van der Waals surface area contributed by atoms with Crippen molar-refractivity contribution in [3.63, 3.8) is 0 Å². The standard InChI is InChI=1S/C15H14N2S/c1-11-4-3-5-12(2)14(11)17-8-7-16-15(17)13-6-9-18-10-13/h3-10H,1-2H3. The normalized spacial score (nSPS) is 10.8. The van der Waals surface area contributed by atoms with E-state index in [1.165, 1.54) is 22.4 Å². The van der Waals surface area contributed by atoms with Crippen molar-refractivity contribution < 1.29 is 0 Å². The number of rotatable bonds is 2. The monoisotopic (exact) mass is 254 g/mol. The maximum atomic E-state index is 4.49. The minimum absolute atomic E-state index is 1.01. The average Bonchev–Trinajstić information content (AvgIpc) is 2.98. The second-order valence-electron chi connectivity index (χ2n) is 4.37. The van der Waals surface area contributed by atoms with Crippen LogP contribution in [0.3, 0.4) is 0 Å². The van der Waals surface area contributed by atoms with Crippen molar-refractivity contribution in [3.8, 4) is 17.1 Å². The van der Waals surface area contributed by atoms with Crippen LogP contribution < -0.4 is 0 Å². The van der Waals surface area contributed by atoms with Gasteiger partial charge in [0.25, 0.3) is 0 Å². The van der Waals surface area contributed by atoms with Gasteiger partial charge in [0.2, 0.25) is 0 Å². The molecule has 2 nitrogen and oxygen atoms in total. The van der Waals surface area contributed by atoms with Crippen LogP contribution >= 0.6 is 11.3 Å². The van der Waals surface area contributed by atoms with E-state index in [4.69, 9.17) is 0 Å². The van der Waals surface area contributed by atoms with Crippen LogP contribution in [-0.2, 0) is 0 Å². The predicted octanol–water partition coefficient (Wildman–Crippen LogP) is 4.22. The van der Waals surface area contributed by atoms with Crippen LogP contribution in [0.4, 0.5) is 0 Å². The molecule has 18 heavy (non-hydrogen) atoms. The van der Waals surface area contributed by atoms with Crippen LogP contribution in [0.1, 0.15) is 11.1 Å². The number of para-hydroxylation sites is 1. The Kier molecular flexibility index (Phi) is 2.76. The van der Waals surface area contributed by atoms with Gasteiger partial charge in [-0.25, -0.2) is 4.98 Å². The molecule has 0 saturated heterocycles. The lowest BCUT2D eigenvalue weighted by molar-refractivity contribution is 1.03. The number of benzene rings is 1. The fraction of sp³-hybridized carbons (Fsp3) is 0.133. The molecule has 0 unspecified atom stereocenters. The lowest BCUT2D eigenvalue weighted by Crippen LogP contribution is -2.00. The first kappa shape index (κ1) is 11.2. The molecule has 0 spiro atoms. The van der Waals surface area contributed by atoms with E-state index in [1.807, 2.05) is 12.4 Å². The summed E-state index contributed by atoms with van der Waals surface area (Å²) >= 11 is 1.70. The summed E-state index contributed by atoms with van der Waals surface area (Å²) in [7, 11) is 0. The molecule has 0 aliphatic rings. The molecular formula is C15H14N2S. The molecule has 0 radical (unpaired) electrons. The third-order valence-corrected chi connectivity index (χ3v) is 3.78. The number of hydrogen-bond acceptors (Lipinski definition) is 2. The van der Waals surface area contributed by atoms with Crippen LogP contribution in [0.5, 0.6) is 0 Å². The summed E-state index contributed by atoms with van der Waals surface area (Å²) in [5.74, 6) is 1.01. The minimum Gasteiger partial charge on any atom is -0.299 e.